The predicted molar refractivity (Wildman–Crippen MR) is 34.6 cm³/mol. The first-order chi connectivity index (χ1) is 2.64. The summed E-state index contributed by atoms with van der Waals surface area (Å²) in [4.78, 5) is 9.23. The van der Waals surface area contributed by atoms with Gasteiger partial charge in [0.15, 0.2) is 0 Å². The van der Waals surface area contributed by atoms with E-state index in [-0.39, 0.29) is 23.1 Å². The van der Waals surface area contributed by atoms with E-state index in [1.54, 1.807) is 6.92 Å². The molecule has 0 aliphatic rings. The second-order valence-electron chi connectivity index (χ2n) is 0.954. The number of carboxylic acids is 1. The number of hydrogen-bond donors (Lipinski definition) is 1. The molecule has 0 aliphatic carbocycles. The molecule has 4 heteroatoms. The topological polar surface area (TPSA) is 37.3 Å². The average molecular weight is 179 g/mol. The highest BCUT2D eigenvalue weighted by Gasteiger charge is 2.01. The summed E-state index contributed by atoms with van der Waals surface area (Å²) in [5.41, 5.74) is 0. The maximum Gasteiger partial charge on any atom is 0.316 e. The summed E-state index contributed by atoms with van der Waals surface area (Å²) in [5, 5.41) is 7.94. The van der Waals surface area contributed by atoms with Gasteiger partial charge in [0.05, 0.1) is 0 Å². The number of carboxylic acid groups (broad SMARTS) is 1. The van der Waals surface area contributed by atoms with Crippen molar-refractivity contribution in [3.8, 4) is 0 Å². The minimum Gasteiger partial charge on any atom is -0.480 e. The Morgan fingerprint density at radius 2 is 2.00 bits per heavy atom. The molecule has 0 aromatic carbocycles. The van der Waals surface area contributed by atoms with E-state index in [1.807, 2.05) is 0 Å². The Morgan fingerprint density at radius 1 is 1.86 bits per heavy atom. The fourth-order valence-electron chi connectivity index (χ4n) is 0. The van der Waals surface area contributed by atoms with Gasteiger partial charge in [0.1, 0.15) is 4.83 Å². The molecule has 1 N–H and O–H groups in total. The quantitative estimate of drug-likeness (QED) is 0.452. The monoisotopic (exact) mass is 178 g/mol. The number of hydrogen-bond acceptors (Lipinski definition) is 1. The lowest BCUT2D eigenvalue weighted by molar-refractivity contribution is -0.135. The number of alkyl halides is 1. The van der Waals surface area contributed by atoms with Gasteiger partial charge in [-0.3, -0.25) is 4.79 Å². The number of rotatable bonds is 1. The van der Waals surface area contributed by atoms with Crippen molar-refractivity contribution >= 4 is 45.0 Å². The van der Waals surface area contributed by atoms with Gasteiger partial charge in [-0.25, -0.2) is 0 Å². The third-order valence-corrected chi connectivity index (χ3v) is 0.732. The van der Waals surface area contributed by atoms with Gasteiger partial charge in [-0.05, 0) is 6.92 Å². The summed E-state index contributed by atoms with van der Waals surface area (Å²) in [5.74, 6) is -0.824. The van der Waals surface area contributed by atoms with E-state index in [0.29, 0.717) is 0 Å². The molecule has 2 nitrogen and oxygen atoms in total. The van der Waals surface area contributed by atoms with Crippen molar-refractivity contribution in [1.29, 1.82) is 0 Å². The zero-order valence-electron chi connectivity index (χ0n) is 3.31. The lowest BCUT2D eigenvalue weighted by Crippen LogP contribution is -2.06. The van der Waals surface area contributed by atoms with Crippen LogP contribution < -0.4 is 0 Å². The van der Waals surface area contributed by atoms with Crippen LogP contribution in [0.4, 0.5) is 0 Å². The highest BCUT2D eigenvalue weighted by Crippen LogP contribution is 1.93. The van der Waals surface area contributed by atoms with Crippen molar-refractivity contribution < 1.29 is 9.90 Å². The van der Waals surface area contributed by atoms with E-state index in [4.69, 9.17) is 5.11 Å². The van der Waals surface area contributed by atoms with Crippen LogP contribution in [0.15, 0.2) is 0 Å². The van der Waals surface area contributed by atoms with E-state index < -0.39 is 10.8 Å². The molecule has 0 spiro atoms. The lowest BCUT2D eigenvalue weighted by Gasteiger charge is -1.87. The van der Waals surface area contributed by atoms with Crippen LogP contribution >= 0.6 is 15.9 Å². The Labute approximate surface area is 66.6 Å². The lowest BCUT2D eigenvalue weighted by atomic mass is 10.5. The maximum atomic E-state index is 9.65. The van der Waals surface area contributed by atoms with E-state index in [9.17, 15) is 4.79 Å². The molecule has 0 heterocycles. The number of halogens is 1. The van der Waals surface area contributed by atoms with Gasteiger partial charge in [-0.2, -0.15) is 0 Å². The summed E-state index contributed by atoms with van der Waals surface area (Å²) >= 11 is 2.84. The van der Waals surface area contributed by atoms with Gasteiger partial charge in [0.25, 0.3) is 0 Å². The van der Waals surface area contributed by atoms with E-state index in [0.717, 1.165) is 0 Å². The van der Waals surface area contributed by atoms with Crippen molar-refractivity contribution in [2.45, 2.75) is 11.8 Å². The van der Waals surface area contributed by atoms with Crippen molar-refractivity contribution in [3.63, 3.8) is 0 Å². The predicted octanol–water partition coefficient (Wildman–Crippen LogP) is -0.0618. The van der Waals surface area contributed by atoms with Crippen LogP contribution in [0, 0.1) is 0 Å². The summed E-state index contributed by atoms with van der Waals surface area (Å²) in [6.45, 7) is 1.56. The molecule has 0 aromatic rings. The molecule has 0 saturated carbocycles. The van der Waals surface area contributed by atoms with Crippen molar-refractivity contribution in [3.05, 3.63) is 0 Å². The van der Waals surface area contributed by atoms with E-state index in [2.05, 4.69) is 15.9 Å². The zero-order chi connectivity index (χ0) is 5.15. The highest BCUT2D eigenvalue weighted by atomic mass is 79.9. The number of aliphatic carboxylic acids is 1. The first kappa shape index (κ1) is 10.7. The summed E-state index contributed by atoms with van der Waals surface area (Å²) in [6, 6.07) is 0. The minimum atomic E-state index is -0.824. The molecule has 0 aromatic heterocycles. The summed E-state index contributed by atoms with van der Waals surface area (Å²) < 4.78 is 0. The van der Waals surface area contributed by atoms with Gasteiger partial charge in [-0.1, -0.05) is 15.9 Å². The Kier molecular flexibility index (Phi) is 7.40. The Bertz CT molecular complexity index is 64.0. The van der Waals surface area contributed by atoms with Gasteiger partial charge in [-0.15, -0.1) is 0 Å². The fraction of sp³-hybridized carbons (Fsp3) is 0.667. The fourth-order valence-corrected chi connectivity index (χ4v) is 0. The normalized spacial score (nSPS) is 11.7. The second kappa shape index (κ2) is 4.87. The third kappa shape index (κ3) is 6.72. The Morgan fingerprint density at radius 3 is 2.00 bits per heavy atom. The summed E-state index contributed by atoms with van der Waals surface area (Å²) in [6.07, 6.45) is 0. The van der Waals surface area contributed by atoms with Gasteiger partial charge in [0.2, 0.25) is 0 Å². The SMILES string of the molecule is CC(Br)C(=O)O.[MgH2]. The van der Waals surface area contributed by atoms with E-state index in [1.165, 1.54) is 0 Å². The molecule has 0 fully saturated rings. The smallest absolute Gasteiger partial charge is 0.316 e. The van der Waals surface area contributed by atoms with Crippen molar-refractivity contribution in [1.82, 2.24) is 0 Å². The molecular formula is C3H7BrMgO2. The van der Waals surface area contributed by atoms with Gasteiger partial charge >= 0.3 is 29.0 Å². The molecule has 0 saturated heterocycles. The molecule has 0 amide bonds. The standard InChI is InChI=1S/C3H5BrO2.Mg.2H/c1-2(4)3(5)6;;;/h2H,1H3,(H,5,6);;;. The molecule has 0 rings (SSSR count). The molecule has 7 heavy (non-hydrogen) atoms. The molecular weight excluding hydrogens is 172 g/mol. The first-order valence-electron chi connectivity index (χ1n) is 1.51. The Balaban J connectivity index is 0. The summed E-state index contributed by atoms with van der Waals surface area (Å²) in [7, 11) is 0. The molecule has 0 bridgehead atoms. The van der Waals surface area contributed by atoms with Gasteiger partial charge < -0.3 is 5.11 Å². The Hall–Kier alpha value is 0.716. The van der Waals surface area contributed by atoms with Crippen LogP contribution in [0.2, 0.25) is 0 Å². The number of carbonyl (C=O) groups is 1. The molecule has 0 aliphatic heterocycles. The third-order valence-electron chi connectivity index (χ3n) is 0.340. The minimum absolute atomic E-state index is 0. The van der Waals surface area contributed by atoms with E-state index >= 15 is 0 Å². The maximum absolute atomic E-state index is 9.65. The van der Waals surface area contributed by atoms with Crippen LogP contribution in [0.1, 0.15) is 6.92 Å². The average Bonchev–Trinajstić information content (AvgIpc) is 1.36. The molecule has 1 atom stereocenters. The highest BCUT2D eigenvalue weighted by molar-refractivity contribution is 9.10. The van der Waals surface area contributed by atoms with Crippen LogP contribution in [0.5, 0.6) is 0 Å². The van der Waals surface area contributed by atoms with Crippen LogP contribution in [0.25, 0.3) is 0 Å². The van der Waals surface area contributed by atoms with Crippen LogP contribution in [-0.2, 0) is 4.79 Å². The van der Waals surface area contributed by atoms with Gasteiger partial charge in [0, 0.05) is 0 Å². The largest absolute Gasteiger partial charge is 0.480 e. The van der Waals surface area contributed by atoms with Crippen LogP contribution in [-0.4, -0.2) is 39.0 Å². The van der Waals surface area contributed by atoms with Crippen LogP contribution in [0.3, 0.4) is 0 Å². The van der Waals surface area contributed by atoms with Crippen molar-refractivity contribution in [2.24, 2.45) is 0 Å². The first-order valence-corrected chi connectivity index (χ1v) is 2.43. The molecule has 40 valence electrons. The van der Waals surface area contributed by atoms with Crippen molar-refractivity contribution in [2.75, 3.05) is 0 Å². The zero-order valence-corrected chi connectivity index (χ0v) is 4.90. The molecule has 0 radical (unpaired) electrons. The second-order valence-corrected chi connectivity index (χ2v) is 2.33. The molecule has 1 unspecified atom stereocenters.